The normalized spacial score (nSPS) is 19.8. The van der Waals surface area contributed by atoms with Gasteiger partial charge in [0.15, 0.2) is 0 Å². The Balaban J connectivity index is 1.61. The van der Waals surface area contributed by atoms with Crippen LogP contribution in [0.25, 0.3) is 0 Å². The summed E-state index contributed by atoms with van der Waals surface area (Å²) in [7, 11) is 1.66. The molecule has 0 spiro atoms. The summed E-state index contributed by atoms with van der Waals surface area (Å²) in [6.07, 6.45) is 1.17. The monoisotopic (exact) mass is 349 g/mol. The van der Waals surface area contributed by atoms with E-state index in [1.807, 2.05) is 30.3 Å². The Labute approximate surface area is 145 Å². The van der Waals surface area contributed by atoms with Crippen LogP contribution in [0, 0.1) is 5.92 Å². The zero-order chi connectivity index (χ0) is 17.9. The molecule has 1 aromatic heterocycles. The van der Waals surface area contributed by atoms with Crippen LogP contribution in [0.3, 0.4) is 0 Å². The number of amides is 1. The molecule has 0 aliphatic carbocycles. The number of alkyl halides is 2. The van der Waals surface area contributed by atoms with Crippen molar-refractivity contribution in [2.75, 3.05) is 19.7 Å². The lowest BCUT2D eigenvalue weighted by molar-refractivity contribution is -0.124. The van der Waals surface area contributed by atoms with Gasteiger partial charge in [-0.15, -0.1) is 0 Å². The molecule has 0 N–H and O–H groups in total. The van der Waals surface area contributed by atoms with Gasteiger partial charge >= 0.3 is 0 Å². The van der Waals surface area contributed by atoms with Crippen LogP contribution in [0.15, 0.2) is 42.6 Å². The van der Waals surface area contributed by atoms with Crippen molar-refractivity contribution in [1.82, 2.24) is 14.7 Å². The van der Waals surface area contributed by atoms with E-state index in [9.17, 15) is 13.6 Å². The molecule has 7 heteroatoms. The number of likely N-dealkylation sites (tertiary alicyclic amines) is 1. The van der Waals surface area contributed by atoms with Crippen LogP contribution in [0.2, 0.25) is 0 Å². The second-order valence-electron chi connectivity index (χ2n) is 6.30. The number of aromatic nitrogens is 2. The Kier molecular flexibility index (Phi) is 5.13. The first-order chi connectivity index (χ1) is 12.0. The highest BCUT2D eigenvalue weighted by molar-refractivity contribution is 5.92. The van der Waals surface area contributed by atoms with Gasteiger partial charge in [-0.1, -0.05) is 30.3 Å². The summed E-state index contributed by atoms with van der Waals surface area (Å²) in [4.78, 5) is 14.0. The topological polar surface area (TPSA) is 47.4 Å². The van der Waals surface area contributed by atoms with Crippen molar-refractivity contribution >= 4 is 5.91 Å². The van der Waals surface area contributed by atoms with E-state index in [0.29, 0.717) is 5.69 Å². The Morgan fingerprint density at radius 1 is 1.32 bits per heavy atom. The lowest BCUT2D eigenvalue weighted by Gasteiger charge is -2.38. The first kappa shape index (κ1) is 17.5. The average Bonchev–Trinajstić information content (AvgIpc) is 3.02. The van der Waals surface area contributed by atoms with Crippen LogP contribution < -0.4 is 0 Å². The molecular weight excluding hydrogens is 328 g/mol. The molecule has 134 valence electrons. The fourth-order valence-electron chi connectivity index (χ4n) is 2.98. The first-order valence-electron chi connectivity index (χ1n) is 8.24. The van der Waals surface area contributed by atoms with Crippen molar-refractivity contribution in [2.24, 2.45) is 13.0 Å². The van der Waals surface area contributed by atoms with E-state index >= 15 is 0 Å². The molecule has 5 nitrogen and oxygen atoms in total. The third kappa shape index (κ3) is 4.04. The largest absolute Gasteiger partial charge is 0.376 e. The number of aryl methyl sites for hydroxylation is 1. The van der Waals surface area contributed by atoms with Crippen molar-refractivity contribution in [1.29, 1.82) is 0 Å². The number of ether oxygens (including phenoxy) is 1. The van der Waals surface area contributed by atoms with Crippen molar-refractivity contribution in [2.45, 2.75) is 19.0 Å². The number of piperidine rings is 1. The summed E-state index contributed by atoms with van der Waals surface area (Å²) in [5, 5.41) is 3.96. The van der Waals surface area contributed by atoms with E-state index in [1.54, 1.807) is 13.1 Å². The average molecular weight is 349 g/mol. The Bertz CT molecular complexity index is 718. The van der Waals surface area contributed by atoms with Crippen molar-refractivity contribution in [3.05, 3.63) is 53.9 Å². The maximum Gasteiger partial charge on any atom is 0.272 e. The second-order valence-corrected chi connectivity index (χ2v) is 6.30. The fraction of sp³-hybridized carbons (Fsp3) is 0.444. The first-order valence-corrected chi connectivity index (χ1v) is 8.24. The zero-order valence-electron chi connectivity index (χ0n) is 14.1. The Morgan fingerprint density at radius 3 is 2.76 bits per heavy atom. The quantitative estimate of drug-likeness (QED) is 0.834. The van der Waals surface area contributed by atoms with Gasteiger partial charge in [0.2, 0.25) is 0 Å². The molecule has 3 rings (SSSR count). The summed E-state index contributed by atoms with van der Waals surface area (Å²) < 4.78 is 35.4. The van der Waals surface area contributed by atoms with E-state index in [4.69, 9.17) is 4.74 Å². The Morgan fingerprint density at radius 2 is 2.08 bits per heavy atom. The summed E-state index contributed by atoms with van der Waals surface area (Å²) in [5.74, 6) is -4.12. The number of benzene rings is 1. The molecule has 2 aromatic rings. The second kappa shape index (κ2) is 7.31. The van der Waals surface area contributed by atoms with Crippen LogP contribution in [0.5, 0.6) is 0 Å². The predicted molar refractivity (Wildman–Crippen MR) is 88.3 cm³/mol. The van der Waals surface area contributed by atoms with Gasteiger partial charge in [0.05, 0.1) is 19.1 Å². The number of hydrogen-bond donors (Lipinski definition) is 0. The SMILES string of the molecule is Cn1nccc1C(=O)N1CCC(F)(F)C(COCc2ccccc2)C1. The minimum Gasteiger partial charge on any atom is -0.376 e. The van der Waals surface area contributed by atoms with Crippen LogP contribution in [0.1, 0.15) is 22.5 Å². The highest BCUT2D eigenvalue weighted by Gasteiger charge is 2.45. The summed E-state index contributed by atoms with van der Waals surface area (Å²) in [5.41, 5.74) is 1.33. The lowest BCUT2D eigenvalue weighted by atomic mass is 9.94. The number of carbonyl (C=O) groups excluding carboxylic acids is 1. The number of nitrogens with zero attached hydrogens (tertiary/aromatic N) is 3. The van der Waals surface area contributed by atoms with Gasteiger partial charge in [-0.2, -0.15) is 5.10 Å². The zero-order valence-corrected chi connectivity index (χ0v) is 14.1. The van der Waals surface area contributed by atoms with Gasteiger partial charge < -0.3 is 9.64 Å². The minimum absolute atomic E-state index is 0.0220. The molecule has 0 radical (unpaired) electrons. The summed E-state index contributed by atoms with van der Waals surface area (Å²) in [6.45, 7) is 0.207. The number of halogens is 2. The van der Waals surface area contributed by atoms with E-state index in [0.717, 1.165) is 5.56 Å². The predicted octanol–water partition coefficient (Wildman–Crippen LogP) is 2.73. The third-order valence-electron chi connectivity index (χ3n) is 4.51. The highest BCUT2D eigenvalue weighted by Crippen LogP contribution is 2.34. The van der Waals surface area contributed by atoms with E-state index in [2.05, 4.69) is 5.10 Å². The van der Waals surface area contributed by atoms with Crippen molar-refractivity contribution in [3.63, 3.8) is 0 Å². The minimum atomic E-state index is -2.83. The van der Waals surface area contributed by atoms with E-state index in [1.165, 1.54) is 15.8 Å². The van der Waals surface area contributed by atoms with Gasteiger partial charge in [-0.3, -0.25) is 9.48 Å². The standard InChI is InChI=1S/C18H21F2N3O2/c1-22-16(7-9-21-22)17(24)23-10-8-18(19,20)15(11-23)13-25-12-14-5-3-2-4-6-14/h2-7,9,15H,8,10-13H2,1H3. The molecule has 1 aliphatic heterocycles. The summed E-state index contributed by atoms with van der Waals surface area (Å²) >= 11 is 0. The smallest absolute Gasteiger partial charge is 0.272 e. The van der Waals surface area contributed by atoms with Gasteiger partial charge in [0, 0.05) is 32.8 Å². The van der Waals surface area contributed by atoms with Crippen LogP contribution in [0.4, 0.5) is 8.78 Å². The molecule has 1 aliphatic rings. The molecule has 0 saturated carbocycles. The maximum absolute atomic E-state index is 14.2. The molecule has 1 amide bonds. The van der Waals surface area contributed by atoms with Gasteiger partial charge in [-0.25, -0.2) is 8.78 Å². The lowest BCUT2D eigenvalue weighted by Crippen LogP contribution is -2.51. The molecule has 1 saturated heterocycles. The molecule has 1 unspecified atom stereocenters. The third-order valence-corrected chi connectivity index (χ3v) is 4.51. The van der Waals surface area contributed by atoms with Gasteiger partial charge in [0.25, 0.3) is 11.8 Å². The molecule has 1 fully saturated rings. The molecule has 1 aromatic carbocycles. The van der Waals surface area contributed by atoms with Crippen molar-refractivity contribution < 1.29 is 18.3 Å². The molecule has 2 heterocycles. The Hall–Kier alpha value is -2.28. The van der Waals surface area contributed by atoms with Gasteiger partial charge in [-0.05, 0) is 11.6 Å². The fourth-order valence-corrected chi connectivity index (χ4v) is 2.98. The van der Waals surface area contributed by atoms with E-state index < -0.39 is 11.8 Å². The highest BCUT2D eigenvalue weighted by atomic mass is 19.3. The molecule has 25 heavy (non-hydrogen) atoms. The van der Waals surface area contributed by atoms with E-state index in [-0.39, 0.29) is 38.6 Å². The van der Waals surface area contributed by atoms with Crippen molar-refractivity contribution in [3.8, 4) is 0 Å². The molecular formula is C18H21F2N3O2. The molecule has 1 atom stereocenters. The van der Waals surface area contributed by atoms with Crippen LogP contribution in [-0.4, -0.2) is 46.2 Å². The number of rotatable bonds is 5. The number of hydrogen-bond acceptors (Lipinski definition) is 3. The van der Waals surface area contributed by atoms with Crippen LogP contribution in [-0.2, 0) is 18.4 Å². The number of carbonyl (C=O) groups is 1. The summed E-state index contributed by atoms with van der Waals surface area (Å²) in [6, 6.07) is 11.0. The van der Waals surface area contributed by atoms with Crippen LogP contribution >= 0.6 is 0 Å². The van der Waals surface area contributed by atoms with Gasteiger partial charge in [0.1, 0.15) is 5.69 Å². The maximum atomic E-state index is 14.2. The molecule has 0 bridgehead atoms.